The molecule has 214 valence electrons. The highest BCUT2D eigenvalue weighted by Gasteiger charge is 2.28. The second-order valence-electron chi connectivity index (χ2n) is 11.9. The standard InChI is InChI=1S/C35H34N2O5/c1-20-6-8-22(9-7-20)19-41-29-11-10-24-26(37-29)16-21(2)25(17-30(38)39)32(24)33-28(42-35(3,4)5)18-27-31-23(13-15-40-27)12-14-36-34(31)33/h6-12,14,16,18H,13,15,17,19H2,1-5H3,(H,38,39). The van der Waals surface area contributed by atoms with E-state index >= 15 is 0 Å². The first-order valence-corrected chi connectivity index (χ1v) is 14.2. The van der Waals surface area contributed by atoms with Crippen LogP contribution in [-0.4, -0.2) is 33.3 Å². The van der Waals surface area contributed by atoms with Gasteiger partial charge in [0.15, 0.2) is 0 Å². The summed E-state index contributed by atoms with van der Waals surface area (Å²) >= 11 is 0. The van der Waals surface area contributed by atoms with E-state index in [4.69, 9.17) is 24.2 Å². The molecule has 1 N–H and O–H groups in total. The molecule has 1 aliphatic heterocycles. The summed E-state index contributed by atoms with van der Waals surface area (Å²) in [6.07, 6.45) is 2.42. The zero-order chi connectivity index (χ0) is 29.6. The average molecular weight is 563 g/mol. The lowest BCUT2D eigenvalue weighted by molar-refractivity contribution is -0.136. The second-order valence-corrected chi connectivity index (χ2v) is 11.9. The highest BCUT2D eigenvalue weighted by molar-refractivity contribution is 6.10. The van der Waals surface area contributed by atoms with Crippen molar-refractivity contribution >= 4 is 27.8 Å². The number of carbonyl (C=O) groups is 1. The molecule has 42 heavy (non-hydrogen) atoms. The number of pyridine rings is 2. The van der Waals surface area contributed by atoms with E-state index in [1.165, 1.54) is 5.56 Å². The predicted molar refractivity (Wildman–Crippen MR) is 164 cm³/mol. The van der Waals surface area contributed by atoms with E-state index in [1.807, 2.05) is 70.2 Å². The molecule has 0 amide bonds. The van der Waals surface area contributed by atoms with Crippen LogP contribution in [0.5, 0.6) is 17.4 Å². The van der Waals surface area contributed by atoms with Gasteiger partial charge in [-0.1, -0.05) is 29.8 Å². The van der Waals surface area contributed by atoms with E-state index in [0.717, 1.165) is 56.3 Å². The van der Waals surface area contributed by atoms with Gasteiger partial charge < -0.3 is 19.3 Å². The van der Waals surface area contributed by atoms with Gasteiger partial charge in [0.1, 0.15) is 23.7 Å². The molecule has 0 aliphatic carbocycles. The quantitative estimate of drug-likeness (QED) is 0.221. The van der Waals surface area contributed by atoms with Gasteiger partial charge in [0, 0.05) is 41.1 Å². The van der Waals surface area contributed by atoms with Crippen molar-refractivity contribution in [3.8, 4) is 28.5 Å². The number of hydrogen-bond donors (Lipinski definition) is 1. The normalized spacial score (nSPS) is 12.8. The molecular formula is C35H34N2O5. The van der Waals surface area contributed by atoms with Gasteiger partial charge in [0.25, 0.3) is 0 Å². The molecule has 7 nitrogen and oxygen atoms in total. The van der Waals surface area contributed by atoms with Crippen molar-refractivity contribution < 1.29 is 24.1 Å². The van der Waals surface area contributed by atoms with Crippen molar-refractivity contribution in [3.63, 3.8) is 0 Å². The SMILES string of the molecule is Cc1ccc(COc2ccc3c(-c4c(OC(C)(C)C)cc5c6c(ccnc46)CCO5)c(CC(=O)O)c(C)cc3n2)cc1. The van der Waals surface area contributed by atoms with Crippen molar-refractivity contribution in [1.82, 2.24) is 9.97 Å². The summed E-state index contributed by atoms with van der Waals surface area (Å²) in [7, 11) is 0. The Hall–Kier alpha value is -4.65. The van der Waals surface area contributed by atoms with Crippen molar-refractivity contribution in [2.24, 2.45) is 0 Å². The van der Waals surface area contributed by atoms with Crippen LogP contribution < -0.4 is 14.2 Å². The fraction of sp³-hybridized carbons (Fsp3) is 0.286. The van der Waals surface area contributed by atoms with Crippen LogP contribution in [0.2, 0.25) is 0 Å². The minimum absolute atomic E-state index is 0.156. The minimum atomic E-state index is -0.915. The number of ether oxygens (including phenoxy) is 3. The Kier molecular flexibility index (Phi) is 6.97. The molecule has 7 heteroatoms. The summed E-state index contributed by atoms with van der Waals surface area (Å²) in [5, 5.41) is 11.7. The number of carboxylic acids is 1. The topological polar surface area (TPSA) is 90.8 Å². The van der Waals surface area contributed by atoms with Crippen LogP contribution in [-0.2, 0) is 24.2 Å². The van der Waals surface area contributed by atoms with Crippen LogP contribution in [0.1, 0.15) is 48.6 Å². The molecule has 3 aromatic carbocycles. The van der Waals surface area contributed by atoms with Crippen LogP contribution in [0.4, 0.5) is 0 Å². The van der Waals surface area contributed by atoms with Gasteiger partial charge in [-0.15, -0.1) is 0 Å². The summed E-state index contributed by atoms with van der Waals surface area (Å²) in [5.74, 6) is 0.898. The lowest BCUT2D eigenvalue weighted by Gasteiger charge is -2.28. The van der Waals surface area contributed by atoms with Crippen LogP contribution in [0.3, 0.4) is 0 Å². The third-order valence-electron chi connectivity index (χ3n) is 7.46. The number of hydrogen-bond acceptors (Lipinski definition) is 6. The fourth-order valence-corrected chi connectivity index (χ4v) is 5.61. The molecule has 0 saturated carbocycles. The molecule has 2 aromatic heterocycles. The summed E-state index contributed by atoms with van der Waals surface area (Å²) in [5.41, 5.74) is 7.31. The molecule has 3 heterocycles. The third-order valence-corrected chi connectivity index (χ3v) is 7.46. The zero-order valence-electron chi connectivity index (χ0n) is 24.6. The molecular weight excluding hydrogens is 528 g/mol. The highest BCUT2D eigenvalue weighted by atomic mass is 16.5. The number of aromatic nitrogens is 2. The van der Waals surface area contributed by atoms with E-state index in [1.54, 1.807) is 6.20 Å². The Morgan fingerprint density at radius 3 is 2.55 bits per heavy atom. The van der Waals surface area contributed by atoms with E-state index < -0.39 is 11.6 Å². The molecule has 0 unspecified atom stereocenters. The maximum absolute atomic E-state index is 12.2. The molecule has 5 aromatic rings. The van der Waals surface area contributed by atoms with Crippen molar-refractivity contribution in [2.75, 3.05) is 6.61 Å². The molecule has 0 spiro atoms. The van der Waals surface area contributed by atoms with Gasteiger partial charge in [0.05, 0.1) is 29.6 Å². The number of aryl methyl sites for hydroxylation is 2. The summed E-state index contributed by atoms with van der Waals surface area (Å²) in [6.45, 7) is 10.9. The van der Waals surface area contributed by atoms with E-state index in [2.05, 4.69) is 19.1 Å². The number of benzene rings is 3. The van der Waals surface area contributed by atoms with Crippen LogP contribution >= 0.6 is 0 Å². The fourth-order valence-electron chi connectivity index (χ4n) is 5.61. The van der Waals surface area contributed by atoms with Crippen LogP contribution in [0, 0.1) is 13.8 Å². The molecule has 6 rings (SSSR count). The molecule has 0 radical (unpaired) electrons. The van der Waals surface area contributed by atoms with Crippen molar-refractivity contribution in [2.45, 2.75) is 59.7 Å². The summed E-state index contributed by atoms with van der Waals surface area (Å²) in [4.78, 5) is 21.9. The van der Waals surface area contributed by atoms with Gasteiger partial charge in [0.2, 0.25) is 5.88 Å². The first-order valence-electron chi connectivity index (χ1n) is 14.2. The van der Waals surface area contributed by atoms with E-state index in [9.17, 15) is 9.90 Å². The first kappa shape index (κ1) is 27.5. The average Bonchev–Trinajstić information content (AvgIpc) is 2.93. The Bertz CT molecular complexity index is 1840. The van der Waals surface area contributed by atoms with E-state index in [-0.39, 0.29) is 6.42 Å². The lowest BCUT2D eigenvalue weighted by atomic mass is 9.87. The van der Waals surface area contributed by atoms with Gasteiger partial charge in [-0.3, -0.25) is 9.78 Å². The van der Waals surface area contributed by atoms with Gasteiger partial charge in [-0.2, -0.15) is 0 Å². The van der Waals surface area contributed by atoms with Crippen molar-refractivity contribution in [3.05, 3.63) is 88.6 Å². The number of rotatable bonds is 7. The summed E-state index contributed by atoms with van der Waals surface area (Å²) in [6, 6.07) is 17.9. The Labute approximate surface area is 245 Å². The smallest absolute Gasteiger partial charge is 0.307 e. The van der Waals surface area contributed by atoms with Crippen LogP contribution in [0.15, 0.2) is 60.8 Å². The van der Waals surface area contributed by atoms with Gasteiger partial charge in [-0.25, -0.2) is 4.98 Å². The number of carboxylic acid groups (broad SMARTS) is 1. The molecule has 1 aliphatic rings. The summed E-state index contributed by atoms with van der Waals surface area (Å²) < 4.78 is 18.7. The van der Waals surface area contributed by atoms with E-state index in [0.29, 0.717) is 35.9 Å². The maximum atomic E-state index is 12.2. The second kappa shape index (κ2) is 10.6. The van der Waals surface area contributed by atoms with Crippen LogP contribution in [0.25, 0.3) is 32.9 Å². The largest absolute Gasteiger partial charge is 0.492 e. The number of aliphatic carboxylic acids is 1. The predicted octanol–water partition coefficient (Wildman–Crippen LogP) is 7.39. The van der Waals surface area contributed by atoms with Crippen molar-refractivity contribution in [1.29, 1.82) is 0 Å². The number of fused-ring (bicyclic) bond motifs is 1. The highest BCUT2D eigenvalue weighted by Crippen LogP contribution is 2.48. The monoisotopic (exact) mass is 562 g/mol. The molecule has 0 bridgehead atoms. The van der Waals surface area contributed by atoms with Gasteiger partial charge >= 0.3 is 5.97 Å². The molecule has 0 saturated heterocycles. The zero-order valence-corrected chi connectivity index (χ0v) is 24.6. The Balaban J connectivity index is 1.59. The third kappa shape index (κ3) is 5.34. The number of nitrogens with zero attached hydrogens (tertiary/aromatic N) is 2. The minimum Gasteiger partial charge on any atom is -0.492 e. The first-order chi connectivity index (χ1) is 20.1. The van der Waals surface area contributed by atoms with Gasteiger partial charge in [-0.05, 0) is 75.1 Å². The Morgan fingerprint density at radius 2 is 1.81 bits per heavy atom. The lowest BCUT2D eigenvalue weighted by Crippen LogP contribution is -2.24. The molecule has 0 atom stereocenters. The Morgan fingerprint density at radius 1 is 1.02 bits per heavy atom. The molecule has 0 fully saturated rings. The maximum Gasteiger partial charge on any atom is 0.307 e.